The molecule has 1 heterocycles. The van der Waals surface area contributed by atoms with Crippen LogP contribution in [0.5, 0.6) is 0 Å². The van der Waals surface area contributed by atoms with Crippen molar-refractivity contribution in [3.05, 3.63) is 29.8 Å². The molecule has 2 nitrogen and oxygen atoms in total. The predicted octanol–water partition coefficient (Wildman–Crippen LogP) is 3.13. The van der Waals surface area contributed by atoms with E-state index in [4.69, 9.17) is 0 Å². The number of hydrogen-bond acceptors (Lipinski definition) is 2. The average molecular weight is 229 g/mol. The Morgan fingerprint density at radius 3 is 2.24 bits per heavy atom. The van der Waals surface area contributed by atoms with E-state index in [0.717, 1.165) is 17.4 Å². The molecule has 1 aliphatic carbocycles. The molecule has 1 aromatic rings. The number of carbonyl (C=O) groups excluding carboxylic acids is 1. The van der Waals surface area contributed by atoms with Crippen molar-refractivity contribution in [2.45, 2.75) is 26.2 Å². The van der Waals surface area contributed by atoms with Gasteiger partial charge in [-0.25, -0.2) is 0 Å². The van der Waals surface area contributed by atoms with Gasteiger partial charge in [0.15, 0.2) is 5.78 Å². The zero-order chi connectivity index (χ0) is 11.8. The van der Waals surface area contributed by atoms with Crippen LogP contribution in [0.2, 0.25) is 0 Å². The molecule has 0 amide bonds. The third-order valence-electron chi connectivity index (χ3n) is 4.37. The molecule has 3 rings (SSSR count). The number of Topliss-reactive ketones (excluding diaryl/α,β-unsaturated/α-hetero) is 1. The highest BCUT2D eigenvalue weighted by molar-refractivity contribution is 5.94. The number of carbonyl (C=O) groups is 1. The molecule has 1 aliphatic heterocycles. The number of ketones is 1. The molecule has 1 aromatic carbocycles. The lowest BCUT2D eigenvalue weighted by Gasteiger charge is -2.19. The molecule has 2 atom stereocenters. The van der Waals surface area contributed by atoms with Gasteiger partial charge in [0.2, 0.25) is 0 Å². The van der Waals surface area contributed by atoms with Gasteiger partial charge in [-0.15, -0.1) is 0 Å². The van der Waals surface area contributed by atoms with Gasteiger partial charge in [0.1, 0.15) is 0 Å². The van der Waals surface area contributed by atoms with E-state index in [1.807, 2.05) is 12.1 Å². The zero-order valence-corrected chi connectivity index (χ0v) is 10.4. The molecule has 0 bridgehead atoms. The van der Waals surface area contributed by atoms with Crippen LogP contribution in [0.4, 0.5) is 5.69 Å². The van der Waals surface area contributed by atoms with E-state index in [9.17, 15) is 4.79 Å². The summed E-state index contributed by atoms with van der Waals surface area (Å²) in [4.78, 5) is 13.7. The summed E-state index contributed by atoms with van der Waals surface area (Å²) in [6.07, 6.45) is 4.24. The fourth-order valence-electron chi connectivity index (χ4n) is 3.35. The smallest absolute Gasteiger partial charge is 0.159 e. The molecule has 90 valence electrons. The molecule has 2 aliphatic rings. The van der Waals surface area contributed by atoms with Crippen molar-refractivity contribution in [3.63, 3.8) is 0 Å². The fourth-order valence-corrected chi connectivity index (χ4v) is 3.35. The molecule has 2 unspecified atom stereocenters. The first-order valence-electron chi connectivity index (χ1n) is 6.60. The van der Waals surface area contributed by atoms with Gasteiger partial charge < -0.3 is 4.90 Å². The van der Waals surface area contributed by atoms with E-state index in [0.29, 0.717) is 0 Å². The van der Waals surface area contributed by atoms with Gasteiger partial charge >= 0.3 is 0 Å². The van der Waals surface area contributed by atoms with Gasteiger partial charge in [0.25, 0.3) is 0 Å². The lowest BCUT2D eigenvalue weighted by Crippen LogP contribution is -2.20. The van der Waals surface area contributed by atoms with Crippen LogP contribution in [0.15, 0.2) is 24.3 Å². The molecule has 2 fully saturated rings. The summed E-state index contributed by atoms with van der Waals surface area (Å²) in [6, 6.07) is 8.09. The normalized spacial score (nSPS) is 27.2. The van der Waals surface area contributed by atoms with Gasteiger partial charge in [0, 0.05) is 24.3 Å². The molecular weight excluding hydrogens is 210 g/mol. The van der Waals surface area contributed by atoms with E-state index < -0.39 is 0 Å². The SMILES string of the molecule is CC(=O)c1ccc(N2CC3CCCC3C2)cc1. The predicted molar refractivity (Wildman–Crippen MR) is 69.5 cm³/mol. The lowest BCUT2D eigenvalue weighted by atomic mass is 10.0. The van der Waals surface area contributed by atoms with Gasteiger partial charge in [-0.05, 0) is 55.9 Å². The largest absolute Gasteiger partial charge is 0.371 e. The van der Waals surface area contributed by atoms with Crippen molar-refractivity contribution in [3.8, 4) is 0 Å². The van der Waals surface area contributed by atoms with E-state index in [-0.39, 0.29) is 5.78 Å². The molecule has 1 saturated carbocycles. The van der Waals surface area contributed by atoms with Crippen molar-refractivity contribution in [1.29, 1.82) is 0 Å². The van der Waals surface area contributed by atoms with E-state index in [1.165, 1.54) is 38.0 Å². The van der Waals surface area contributed by atoms with Crippen LogP contribution in [0, 0.1) is 11.8 Å². The summed E-state index contributed by atoms with van der Waals surface area (Å²) < 4.78 is 0. The molecule has 0 spiro atoms. The Kier molecular flexibility index (Phi) is 2.65. The summed E-state index contributed by atoms with van der Waals surface area (Å²) in [5.74, 6) is 1.99. The maximum atomic E-state index is 11.2. The number of hydrogen-bond donors (Lipinski definition) is 0. The zero-order valence-electron chi connectivity index (χ0n) is 10.4. The maximum Gasteiger partial charge on any atom is 0.159 e. The van der Waals surface area contributed by atoms with Crippen molar-refractivity contribution in [2.24, 2.45) is 11.8 Å². The second kappa shape index (κ2) is 4.17. The topological polar surface area (TPSA) is 20.3 Å². The Morgan fingerprint density at radius 2 is 1.71 bits per heavy atom. The van der Waals surface area contributed by atoms with Crippen LogP contribution < -0.4 is 4.90 Å². The Balaban J connectivity index is 1.75. The lowest BCUT2D eigenvalue weighted by molar-refractivity contribution is 0.101. The minimum absolute atomic E-state index is 0.148. The number of benzene rings is 1. The van der Waals surface area contributed by atoms with Crippen LogP contribution in [0.25, 0.3) is 0 Å². The van der Waals surface area contributed by atoms with Crippen LogP contribution in [-0.2, 0) is 0 Å². The third-order valence-corrected chi connectivity index (χ3v) is 4.37. The Labute approximate surface area is 103 Å². The fraction of sp³-hybridized carbons (Fsp3) is 0.533. The average Bonchev–Trinajstić information content (AvgIpc) is 2.89. The minimum Gasteiger partial charge on any atom is -0.371 e. The van der Waals surface area contributed by atoms with Crippen LogP contribution >= 0.6 is 0 Å². The number of rotatable bonds is 2. The summed E-state index contributed by atoms with van der Waals surface area (Å²) in [5, 5.41) is 0. The van der Waals surface area contributed by atoms with Gasteiger partial charge in [-0.3, -0.25) is 4.79 Å². The number of fused-ring (bicyclic) bond motifs is 1. The highest BCUT2D eigenvalue weighted by Crippen LogP contribution is 2.39. The molecule has 0 N–H and O–H groups in total. The second-order valence-corrected chi connectivity index (χ2v) is 5.46. The molecule has 1 saturated heterocycles. The summed E-state index contributed by atoms with van der Waals surface area (Å²) in [7, 11) is 0. The molecule has 2 heteroatoms. The van der Waals surface area contributed by atoms with Gasteiger partial charge in [-0.2, -0.15) is 0 Å². The van der Waals surface area contributed by atoms with Crippen molar-refractivity contribution >= 4 is 11.5 Å². The minimum atomic E-state index is 0.148. The van der Waals surface area contributed by atoms with Crippen LogP contribution in [0.1, 0.15) is 36.5 Å². The van der Waals surface area contributed by atoms with Crippen molar-refractivity contribution in [1.82, 2.24) is 0 Å². The first kappa shape index (κ1) is 10.8. The highest BCUT2D eigenvalue weighted by Gasteiger charge is 2.35. The van der Waals surface area contributed by atoms with Crippen molar-refractivity contribution < 1.29 is 4.79 Å². The summed E-state index contributed by atoms with van der Waals surface area (Å²) >= 11 is 0. The maximum absolute atomic E-state index is 11.2. The Morgan fingerprint density at radius 1 is 1.12 bits per heavy atom. The molecule has 0 radical (unpaired) electrons. The van der Waals surface area contributed by atoms with E-state index in [2.05, 4.69) is 17.0 Å². The third kappa shape index (κ3) is 1.97. The van der Waals surface area contributed by atoms with Crippen LogP contribution in [0.3, 0.4) is 0 Å². The molecular formula is C15H19NO. The highest BCUT2D eigenvalue weighted by atomic mass is 16.1. The van der Waals surface area contributed by atoms with E-state index >= 15 is 0 Å². The Bertz CT molecular complexity index is 411. The Hall–Kier alpha value is -1.31. The first-order valence-corrected chi connectivity index (χ1v) is 6.60. The first-order chi connectivity index (χ1) is 8.24. The number of anilines is 1. The molecule has 17 heavy (non-hydrogen) atoms. The number of nitrogens with zero attached hydrogens (tertiary/aromatic N) is 1. The summed E-state index contributed by atoms with van der Waals surface area (Å²) in [6.45, 7) is 4.05. The monoisotopic (exact) mass is 229 g/mol. The summed E-state index contributed by atoms with van der Waals surface area (Å²) in [5.41, 5.74) is 2.09. The van der Waals surface area contributed by atoms with E-state index in [1.54, 1.807) is 6.92 Å². The van der Waals surface area contributed by atoms with Crippen LogP contribution in [-0.4, -0.2) is 18.9 Å². The standard InChI is InChI=1S/C15H19NO/c1-11(17)12-5-7-15(8-6-12)16-9-13-3-2-4-14(13)10-16/h5-8,13-14H,2-4,9-10H2,1H3. The van der Waals surface area contributed by atoms with Gasteiger partial charge in [0.05, 0.1) is 0 Å². The molecule has 0 aromatic heterocycles. The van der Waals surface area contributed by atoms with Crippen molar-refractivity contribution in [2.75, 3.05) is 18.0 Å². The quantitative estimate of drug-likeness (QED) is 0.726. The second-order valence-electron chi connectivity index (χ2n) is 5.46. The van der Waals surface area contributed by atoms with Gasteiger partial charge in [-0.1, -0.05) is 6.42 Å².